The van der Waals surface area contributed by atoms with Gasteiger partial charge in [-0.25, -0.2) is 4.68 Å². The number of nitro groups is 1. The Morgan fingerprint density at radius 1 is 1.48 bits per heavy atom. The first-order valence-corrected chi connectivity index (χ1v) is 7.95. The minimum absolute atomic E-state index is 0.0398. The Bertz CT molecular complexity index is 711. The minimum Gasteiger partial charge on any atom is -0.335 e. The average Bonchev–Trinajstić information content (AvgIpc) is 2.63. The summed E-state index contributed by atoms with van der Waals surface area (Å²) in [6.07, 6.45) is 1.63. The van der Waals surface area contributed by atoms with E-state index < -0.39 is 15.7 Å². The maximum absolute atomic E-state index is 11.3. The molecule has 0 aliphatic rings. The second-order valence-corrected chi connectivity index (χ2v) is 6.14. The fourth-order valence-corrected chi connectivity index (χ4v) is 2.76. The van der Waals surface area contributed by atoms with E-state index in [0.29, 0.717) is 23.0 Å². The molecule has 1 atom stereocenters. The van der Waals surface area contributed by atoms with Gasteiger partial charge in [0.15, 0.2) is 0 Å². The highest BCUT2D eigenvalue weighted by Gasteiger charge is 2.23. The van der Waals surface area contributed by atoms with E-state index in [9.17, 15) is 14.3 Å². The third-order valence-electron chi connectivity index (χ3n) is 2.93. The van der Waals surface area contributed by atoms with Crippen molar-refractivity contribution in [3.8, 4) is 0 Å². The van der Waals surface area contributed by atoms with E-state index in [2.05, 4.69) is 10.4 Å². The summed E-state index contributed by atoms with van der Waals surface area (Å²) in [7, 11) is 0.709. The summed E-state index contributed by atoms with van der Waals surface area (Å²) >= 11 is 0. The van der Waals surface area contributed by atoms with Crippen LogP contribution in [0.3, 0.4) is 0 Å². The normalized spacial score (nSPS) is 12.1. The molecule has 0 radical (unpaired) electrons. The van der Waals surface area contributed by atoms with Gasteiger partial charge >= 0.3 is 5.69 Å². The first-order valence-electron chi connectivity index (χ1n) is 6.22. The molecule has 1 N–H and O–H groups in total. The van der Waals surface area contributed by atoms with Crippen LogP contribution in [0.4, 0.5) is 17.2 Å². The maximum atomic E-state index is 11.3. The zero-order valence-electron chi connectivity index (χ0n) is 12.0. The molecule has 0 saturated carbocycles. The SMILES string of the molecule is Cc1nn(C)c(Nc2cccc(CS(C)=O)c2)c1[N+](=O)[O-]. The van der Waals surface area contributed by atoms with Crippen molar-refractivity contribution in [2.45, 2.75) is 12.7 Å². The van der Waals surface area contributed by atoms with Gasteiger partial charge in [0, 0.05) is 35.5 Å². The van der Waals surface area contributed by atoms with E-state index in [0.717, 1.165) is 5.56 Å². The van der Waals surface area contributed by atoms with Crippen LogP contribution in [0.5, 0.6) is 0 Å². The molecule has 2 rings (SSSR count). The smallest absolute Gasteiger partial charge is 0.334 e. The molecule has 1 heterocycles. The zero-order chi connectivity index (χ0) is 15.6. The maximum Gasteiger partial charge on any atom is 0.334 e. The number of rotatable bonds is 5. The summed E-state index contributed by atoms with van der Waals surface area (Å²) in [4.78, 5) is 10.7. The Balaban J connectivity index is 2.34. The van der Waals surface area contributed by atoms with Crippen LogP contribution in [0.25, 0.3) is 0 Å². The summed E-state index contributed by atoms with van der Waals surface area (Å²) in [6, 6.07) is 7.32. The van der Waals surface area contributed by atoms with Crippen LogP contribution in [0.1, 0.15) is 11.3 Å². The van der Waals surface area contributed by atoms with Crippen LogP contribution >= 0.6 is 0 Å². The van der Waals surface area contributed by atoms with Crippen LogP contribution in [0.15, 0.2) is 24.3 Å². The molecule has 0 spiro atoms. The highest BCUT2D eigenvalue weighted by molar-refractivity contribution is 7.83. The highest BCUT2D eigenvalue weighted by atomic mass is 32.2. The lowest BCUT2D eigenvalue weighted by molar-refractivity contribution is -0.384. The lowest BCUT2D eigenvalue weighted by atomic mass is 10.2. The van der Waals surface area contributed by atoms with Gasteiger partial charge in [-0.2, -0.15) is 5.10 Å². The fraction of sp³-hybridized carbons (Fsp3) is 0.308. The van der Waals surface area contributed by atoms with Gasteiger partial charge in [0.25, 0.3) is 0 Å². The zero-order valence-corrected chi connectivity index (χ0v) is 12.8. The van der Waals surface area contributed by atoms with Gasteiger partial charge in [-0.3, -0.25) is 14.3 Å². The van der Waals surface area contributed by atoms with E-state index in [1.807, 2.05) is 18.2 Å². The van der Waals surface area contributed by atoms with Crippen LogP contribution in [-0.2, 0) is 23.6 Å². The summed E-state index contributed by atoms with van der Waals surface area (Å²) < 4.78 is 12.7. The van der Waals surface area contributed by atoms with Gasteiger partial charge in [-0.05, 0) is 24.6 Å². The van der Waals surface area contributed by atoms with Gasteiger partial charge in [0.05, 0.1) is 4.92 Å². The molecule has 2 aromatic rings. The molecule has 0 bridgehead atoms. The second kappa shape index (κ2) is 6.04. The molecule has 21 heavy (non-hydrogen) atoms. The molecule has 0 aliphatic carbocycles. The predicted octanol–water partition coefficient (Wildman–Crippen LogP) is 2.26. The van der Waals surface area contributed by atoms with Crippen molar-refractivity contribution in [1.29, 1.82) is 0 Å². The largest absolute Gasteiger partial charge is 0.335 e. The van der Waals surface area contributed by atoms with E-state index in [4.69, 9.17) is 0 Å². The Kier molecular flexibility index (Phi) is 4.37. The molecular formula is C13H16N4O3S. The van der Waals surface area contributed by atoms with E-state index >= 15 is 0 Å². The molecule has 7 nitrogen and oxygen atoms in total. The molecule has 0 fully saturated rings. The van der Waals surface area contributed by atoms with Crippen molar-refractivity contribution in [3.05, 3.63) is 45.6 Å². The summed E-state index contributed by atoms with van der Waals surface area (Å²) in [6.45, 7) is 1.60. The van der Waals surface area contributed by atoms with Crippen molar-refractivity contribution in [2.24, 2.45) is 7.05 Å². The third-order valence-corrected chi connectivity index (χ3v) is 3.67. The molecule has 1 aromatic carbocycles. The van der Waals surface area contributed by atoms with Gasteiger partial charge < -0.3 is 5.32 Å². The Hall–Kier alpha value is -2.22. The van der Waals surface area contributed by atoms with E-state index in [1.54, 1.807) is 26.3 Å². The van der Waals surface area contributed by atoms with E-state index in [1.165, 1.54) is 4.68 Å². The Morgan fingerprint density at radius 3 is 2.81 bits per heavy atom. The number of benzene rings is 1. The van der Waals surface area contributed by atoms with Crippen molar-refractivity contribution in [3.63, 3.8) is 0 Å². The second-order valence-electron chi connectivity index (χ2n) is 4.71. The van der Waals surface area contributed by atoms with Crippen molar-refractivity contribution in [1.82, 2.24) is 9.78 Å². The number of anilines is 2. The summed E-state index contributed by atoms with van der Waals surface area (Å²) in [5.41, 5.74) is 1.92. The first-order chi connectivity index (χ1) is 9.88. The Labute approximate surface area is 124 Å². The van der Waals surface area contributed by atoms with Gasteiger partial charge in [-0.1, -0.05) is 12.1 Å². The first kappa shape index (κ1) is 15.2. The van der Waals surface area contributed by atoms with Gasteiger partial charge in [0.2, 0.25) is 5.82 Å². The number of aryl methyl sites for hydroxylation is 2. The van der Waals surface area contributed by atoms with E-state index in [-0.39, 0.29) is 5.69 Å². The van der Waals surface area contributed by atoms with Crippen molar-refractivity contribution < 1.29 is 9.13 Å². The molecule has 112 valence electrons. The standard InChI is InChI=1S/C13H16N4O3S/c1-9-12(17(18)19)13(16(2)15-9)14-11-6-4-5-10(7-11)8-21(3)20/h4-7,14H,8H2,1-3H3. The molecule has 8 heteroatoms. The molecule has 1 aromatic heterocycles. The highest BCUT2D eigenvalue weighted by Crippen LogP contribution is 2.30. The molecular weight excluding hydrogens is 292 g/mol. The van der Waals surface area contributed by atoms with Crippen molar-refractivity contribution in [2.75, 3.05) is 11.6 Å². The fourth-order valence-electron chi connectivity index (χ4n) is 2.12. The monoisotopic (exact) mass is 308 g/mol. The topological polar surface area (TPSA) is 90.1 Å². The summed E-state index contributed by atoms with van der Waals surface area (Å²) in [5, 5.41) is 18.2. The number of hydrogen-bond donors (Lipinski definition) is 1. The van der Waals surface area contributed by atoms with Crippen LogP contribution in [0, 0.1) is 17.0 Å². The van der Waals surface area contributed by atoms with Crippen LogP contribution in [0.2, 0.25) is 0 Å². The number of nitrogens with one attached hydrogen (secondary N) is 1. The van der Waals surface area contributed by atoms with Gasteiger partial charge in [0.1, 0.15) is 5.69 Å². The van der Waals surface area contributed by atoms with Gasteiger partial charge in [-0.15, -0.1) is 0 Å². The Morgan fingerprint density at radius 2 is 2.19 bits per heavy atom. The molecule has 0 amide bonds. The number of nitrogens with zero attached hydrogens (tertiary/aromatic N) is 3. The number of aromatic nitrogens is 2. The molecule has 1 unspecified atom stereocenters. The predicted molar refractivity (Wildman–Crippen MR) is 82.1 cm³/mol. The third kappa shape index (κ3) is 3.46. The number of hydrogen-bond acceptors (Lipinski definition) is 5. The summed E-state index contributed by atoms with van der Waals surface area (Å²) in [5.74, 6) is 0.773. The molecule has 0 saturated heterocycles. The minimum atomic E-state index is -0.937. The van der Waals surface area contributed by atoms with Crippen LogP contribution < -0.4 is 5.32 Å². The lowest BCUT2D eigenvalue weighted by Crippen LogP contribution is -2.02. The van der Waals surface area contributed by atoms with Crippen molar-refractivity contribution >= 4 is 28.0 Å². The average molecular weight is 308 g/mol. The lowest BCUT2D eigenvalue weighted by Gasteiger charge is -2.07. The van der Waals surface area contributed by atoms with Crippen LogP contribution in [-0.4, -0.2) is 25.2 Å². The quantitative estimate of drug-likeness (QED) is 0.676. The molecule has 0 aliphatic heterocycles.